The van der Waals surface area contributed by atoms with Crippen molar-refractivity contribution in [1.82, 2.24) is 0 Å². The molecule has 0 aliphatic heterocycles. The Morgan fingerprint density at radius 3 is 2.22 bits per heavy atom. The maximum atomic E-state index is 12.7. The summed E-state index contributed by atoms with van der Waals surface area (Å²) >= 11 is 0. The zero-order valence-corrected chi connectivity index (χ0v) is 11.9. The van der Waals surface area contributed by atoms with Crippen LogP contribution in [-0.2, 0) is 13.6 Å². The van der Waals surface area contributed by atoms with Crippen LogP contribution in [0.1, 0.15) is 26.3 Å². The van der Waals surface area contributed by atoms with Gasteiger partial charge in [-0.25, -0.2) is 0 Å². The van der Waals surface area contributed by atoms with E-state index in [-0.39, 0.29) is 0 Å². The van der Waals surface area contributed by atoms with Crippen molar-refractivity contribution in [3.63, 3.8) is 0 Å². The topological polar surface area (TPSA) is 35.5 Å². The van der Waals surface area contributed by atoms with E-state index in [9.17, 15) is 4.57 Å². The molecule has 0 heterocycles. The van der Waals surface area contributed by atoms with Crippen molar-refractivity contribution in [2.75, 3.05) is 13.2 Å². The highest BCUT2D eigenvalue weighted by Crippen LogP contribution is 2.59. The molecule has 4 heteroatoms. The smallest absolute Gasteiger partial charge is 0.305 e. The summed E-state index contributed by atoms with van der Waals surface area (Å²) in [4.78, 5) is 0. The van der Waals surface area contributed by atoms with Crippen molar-refractivity contribution in [2.24, 2.45) is 0 Å². The average molecular weight is 266 g/mol. The van der Waals surface area contributed by atoms with Gasteiger partial charge in [0.25, 0.3) is 0 Å². The first kappa shape index (κ1) is 14.9. The molecule has 0 aromatic heterocycles. The van der Waals surface area contributed by atoms with Crippen molar-refractivity contribution in [3.05, 3.63) is 47.7 Å². The van der Waals surface area contributed by atoms with Gasteiger partial charge in [-0.1, -0.05) is 30.3 Å². The monoisotopic (exact) mass is 266 g/mol. The molecule has 0 amide bonds. The van der Waals surface area contributed by atoms with Crippen molar-refractivity contribution in [1.29, 1.82) is 0 Å². The molecular formula is C14H19O3P. The molecule has 0 atom stereocenters. The number of hydrogen-bond donors (Lipinski definition) is 0. The minimum absolute atomic E-state index is 0.332. The predicted molar refractivity (Wildman–Crippen MR) is 74.5 cm³/mol. The first-order chi connectivity index (χ1) is 8.68. The zero-order valence-electron chi connectivity index (χ0n) is 11.1. The Labute approximate surface area is 109 Å². The van der Waals surface area contributed by atoms with Crippen molar-refractivity contribution < 1.29 is 13.6 Å². The lowest BCUT2D eigenvalue weighted by Crippen LogP contribution is -1.98. The maximum Gasteiger partial charge on any atom is 0.369 e. The molecular weight excluding hydrogens is 247 g/mol. The van der Waals surface area contributed by atoms with Crippen molar-refractivity contribution >= 4 is 12.9 Å². The Morgan fingerprint density at radius 1 is 1.22 bits per heavy atom. The normalized spacial score (nSPS) is 10.8. The Hall–Kier alpha value is -1.11. The van der Waals surface area contributed by atoms with Gasteiger partial charge in [0.1, 0.15) is 5.31 Å². The third-order valence-corrected chi connectivity index (χ3v) is 4.33. The standard InChI is InChI=1S/C14H19O3P/c1-4-10-14(13-11-8-7-9-12-13)18(15,16-5-2)17-6-3/h4,7-9,11-12H,5-6H2,1-3H3. The lowest BCUT2D eigenvalue weighted by Gasteiger charge is -2.18. The van der Waals surface area contributed by atoms with Gasteiger partial charge in [-0.2, -0.15) is 0 Å². The summed E-state index contributed by atoms with van der Waals surface area (Å²) in [6.07, 6.45) is 1.72. The fourth-order valence-corrected chi connectivity index (χ4v) is 3.32. The molecule has 18 heavy (non-hydrogen) atoms. The highest BCUT2D eigenvalue weighted by Gasteiger charge is 2.30. The van der Waals surface area contributed by atoms with E-state index in [2.05, 4.69) is 5.73 Å². The first-order valence-corrected chi connectivity index (χ1v) is 7.58. The number of allylic oxidation sites excluding steroid dienone is 1. The summed E-state index contributed by atoms with van der Waals surface area (Å²) in [5.74, 6) is 0. The van der Waals surface area contributed by atoms with Gasteiger partial charge in [0.2, 0.25) is 0 Å². The van der Waals surface area contributed by atoms with E-state index in [0.29, 0.717) is 18.5 Å². The van der Waals surface area contributed by atoms with Gasteiger partial charge in [0.05, 0.1) is 13.2 Å². The third-order valence-electron chi connectivity index (χ3n) is 2.20. The van der Waals surface area contributed by atoms with E-state index in [1.54, 1.807) is 19.9 Å². The second kappa shape index (κ2) is 7.35. The van der Waals surface area contributed by atoms with Crippen LogP contribution in [0.15, 0.2) is 42.1 Å². The van der Waals surface area contributed by atoms with E-state index in [4.69, 9.17) is 9.05 Å². The summed E-state index contributed by atoms with van der Waals surface area (Å²) in [6, 6.07) is 9.42. The van der Waals surface area contributed by atoms with E-state index < -0.39 is 7.60 Å². The number of hydrogen-bond acceptors (Lipinski definition) is 3. The number of rotatable bonds is 6. The SMILES string of the molecule is CC=C=C(c1ccccc1)P(=O)(OCC)OCC. The first-order valence-electron chi connectivity index (χ1n) is 6.04. The van der Waals surface area contributed by atoms with E-state index in [0.717, 1.165) is 5.56 Å². The fraction of sp³-hybridized carbons (Fsp3) is 0.357. The van der Waals surface area contributed by atoms with E-state index in [1.165, 1.54) is 0 Å². The van der Waals surface area contributed by atoms with Crippen LogP contribution in [0.4, 0.5) is 0 Å². The van der Waals surface area contributed by atoms with Crippen LogP contribution in [0, 0.1) is 0 Å². The van der Waals surface area contributed by atoms with Crippen LogP contribution in [0.2, 0.25) is 0 Å². The van der Waals surface area contributed by atoms with Crippen molar-refractivity contribution in [3.8, 4) is 0 Å². The molecule has 98 valence electrons. The molecule has 0 spiro atoms. The largest absolute Gasteiger partial charge is 0.369 e. The molecule has 0 fully saturated rings. The molecule has 0 radical (unpaired) electrons. The molecule has 1 aromatic rings. The predicted octanol–water partition coefficient (Wildman–Crippen LogP) is 4.47. The van der Waals surface area contributed by atoms with E-state index >= 15 is 0 Å². The third kappa shape index (κ3) is 3.69. The van der Waals surface area contributed by atoms with Crippen LogP contribution in [0.3, 0.4) is 0 Å². The molecule has 0 saturated heterocycles. The molecule has 0 bridgehead atoms. The van der Waals surface area contributed by atoms with Crippen LogP contribution in [0.5, 0.6) is 0 Å². The summed E-state index contributed by atoms with van der Waals surface area (Å²) < 4.78 is 23.4. The highest BCUT2D eigenvalue weighted by molar-refractivity contribution is 7.65. The van der Waals surface area contributed by atoms with Crippen LogP contribution < -0.4 is 0 Å². The van der Waals surface area contributed by atoms with Crippen molar-refractivity contribution in [2.45, 2.75) is 20.8 Å². The van der Waals surface area contributed by atoms with Gasteiger partial charge >= 0.3 is 7.60 Å². The molecule has 1 aromatic carbocycles. The van der Waals surface area contributed by atoms with Gasteiger partial charge in [-0.3, -0.25) is 4.57 Å². The molecule has 1 rings (SSSR count). The molecule has 0 N–H and O–H groups in total. The minimum Gasteiger partial charge on any atom is -0.305 e. The molecule has 0 aliphatic carbocycles. The Kier molecular flexibility index (Phi) is 6.11. The number of benzene rings is 1. The Balaban J connectivity index is 3.28. The summed E-state index contributed by atoms with van der Waals surface area (Å²) in [5.41, 5.74) is 3.79. The maximum absolute atomic E-state index is 12.7. The summed E-state index contributed by atoms with van der Waals surface area (Å²) in [6.45, 7) is 6.08. The minimum atomic E-state index is -3.29. The Morgan fingerprint density at radius 2 is 1.78 bits per heavy atom. The van der Waals surface area contributed by atoms with Gasteiger partial charge < -0.3 is 9.05 Å². The average Bonchev–Trinajstić information content (AvgIpc) is 2.37. The highest BCUT2D eigenvalue weighted by atomic mass is 31.2. The summed E-state index contributed by atoms with van der Waals surface area (Å²) in [5, 5.41) is 0.481. The van der Waals surface area contributed by atoms with Gasteiger partial charge in [-0.15, -0.1) is 5.73 Å². The van der Waals surface area contributed by atoms with Gasteiger partial charge in [0, 0.05) is 0 Å². The molecule has 0 unspecified atom stereocenters. The van der Waals surface area contributed by atoms with Crippen LogP contribution in [0.25, 0.3) is 5.31 Å². The second-order valence-electron chi connectivity index (χ2n) is 3.48. The summed E-state index contributed by atoms with van der Waals surface area (Å²) in [7, 11) is -3.29. The fourth-order valence-electron chi connectivity index (χ4n) is 1.56. The molecule has 3 nitrogen and oxygen atoms in total. The molecule has 0 aliphatic rings. The van der Waals surface area contributed by atoms with Gasteiger partial charge in [-0.05, 0) is 32.4 Å². The van der Waals surface area contributed by atoms with Crippen LogP contribution in [-0.4, -0.2) is 13.2 Å². The lowest BCUT2D eigenvalue weighted by molar-refractivity contribution is 0.230. The lowest BCUT2D eigenvalue weighted by atomic mass is 10.2. The van der Waals surface area contributed by atoms with E-state index in [1.807, 2.05) is 37.3 Å². The quantitative estimate of drug-likeness (QED) is 0.563. The zero-order chi connectivity index (χ0) is 13.4. The Bertz CT molecular complexity index is 463. The van der Waals surface area contributed by atoms with Crippen LogP contribution >= 0.6 is 7.60 Å². The van der Waals surface area contributed by atoms with Gasteiger partial charge in [0.15, 0.2) is 0 Å². The molecule has 0 saturated carbocycles. The second-order valence-corrected chi connectivity index (χ2v) is 5.44.